The Labute approximate surface area is 175 Å². The molecule has 0 spiro atoms. The van der Waals surface area contributed by atoms with Crippen LogP contribution in [0.5, 0.6) is 5.75 Å². The number of hydrogen-bond donors (Lipinski definition) is 0. The van der Waals surface area contributed by atoms with Gasteiger partial charge in [-0.15, -0.1) is 13.2 Å². The standard InChI is InChI=1S/C22H29F3O5/c1-2-3-4-5-16-12-26-20(27-13-16)11-6-17-14-28-21(29-15-17)18-7-9-19(10-8-18)30-22(23,24)25/h4-5,7-10,16-17,20-21H,2-3,6,11-15H2,1H3. The molecule has 8 heteroatoms. The summed E-state index contributed by atoms with van der Waals surface area (Å²) in [4.78, 5) is 0. The lowest BCUT2D eigenvalue weighted by atomic mass is 10.0. The van der Waals surface area contributed by atoms with Crippen LogP contribution in [0.2, 0.25) is 0 Å². The normalized spacial score (nSPS) is 28.0. The van der Waals surface area contributed by atoms with E-state index in [4.69, 9.17) is 18.9 Å². The quantitative estimate of drug-likeness (QED) is 0.519. The first kappa shape index (κ1) is 23.1. The van der Waals surface area contributed by atoms with Gasteiger partial charge in [-0.25, -0.2) is 0 Å². The minimum atomic E-state index is -4.70. The molecule has 3 rings (SSSR count). The lowest BCUT2D eigenvalue weighted by Gasteiger charge is -2.32. The average molecular weight is 430 g/mol. The Morgan fingerprint density at radius 1 is 0.967 bits per heavy atom. The highest BCUT2D eigenvalue weighted by atomic mass is 19.4. The fourth-order valence-electron chi connectivity index (χ4n) is 3.39. The summed E-state index contributed by atoms with van der Waals surface area (Å²) in [5, 5.41) is 0. The topological polar surface area (TPSA) is 46.2 Å². The van der Waals surface area contributed by atoms with Crippen LogP contribution in [0.15, 0.2) is 36.4 Å². The molecule has 0 amide bonds. The minimum absolute atomic E-state index is 0.195. The van der Waals surface area contributed by atoms with Gasteiger partial charge >= 0.3 is 6.36 Å². The third-order valence-electron chi connectivity index (χ3n) is 5.02. The Morgan fingerprint density at radius 2 is 1.63 bits per heavy atom. The van der Waals surface area contributed by atoms with Gasteiger partial charge in [0.2, 0.25) is 0 Å². The van der Waals surface area contributed by atoms with E-state index in [1.807, 2.05) is 0 Å². The summed E-state index contributed by atoms with van der Waals surface area (Å²) in [5.41, 5.74) is 0.657. The molecule has 0 aromatic heterocycles. The van der Waals surface area contributed by atoms with E-state index in [9.17, 15) is 13.2 Å². The van der Waals surface area contributed by atoms with Gasteiger partial charge in [0.1, 0.15) is 5.75 Å². The van der Waals surface area contributed by atoms with Crippen molar-refractivity contribution in [2.75, 3.05) is 26.4 Å². The number of unbranched alkanes of at least 4 members (excludes halogenated alkanes) is 1. The maximum atomic E-state index is 12.2. The number of benzene rings is 1. The van der Waals surface area contributed by atoms with Gasteiger partial charge < -0.3 is 23.7 Å². The van der Waals surface area contributed by atoms with Crippen molar-refractivity contribution in [2.24, 2.45) is 11.8 Å². The first-order valence-corrected chi connectivity index (χ1v) is 10.4. The second kappa shape index (κ2) is 11.1. The summed E-state index contributed by atoms with van der Waals surface area (Å²) >= 11 is 0. The van der Waals surface area contributed by atoms with E-state index in [1.54, 1.807) is 0 Å². The molecule has 0 N–H and O–H groups in total. The Balaban J connectivity index is 1.34. The molecular weight excluding hydrogens is 401 g/mol. The summed E-state index contributed by atoms with van der Waals surface area (Å²) < 4.78 is 63.7. The molecule has 0 unspecified atom stereocenters. The van der Waals surface area contributed by atoms with Crippen molar-refractivity contribution in [2.45, 2.75) is 51.5 Å². The van der Waals surface area contributed by atoms with Gasteiger partial charge in [-0.2, -0.15) is 0 Å². The Bertz CT molecular complexity index is 646. The minimum Gasteiger partial charge on any atom is -0.406 e. The first-order valence-electron chi connectivity index (χ1n) is 10.4. The van der Waals surface area contributed by atoms with Gasteiger partial charge in [0.25, 0.3) is 0 Å². The fourth-order valence-corrected chi connectivity index (χ4v) is 3.39. The largest absolute Gasteiger partial charge is 0.573 e. The Kier molecular flexibility index (Phi) is 8.56. The summed E-state index contributed by atoms with van der Waals surface area (Å²) in [6.45, 7) is 4.54. The van der Waals surface area contributed by atoms with E-state index < -0.39 is 12.7 Å². The lowest BCUT2D eigenvalue weighted by molar-refractivity contribution is -0.274. The summed E-state index contributed by atoms with van der Waals surface area (Å²) in [5.74, 6) is 0.279. The molecule has 0 aliphatic carbocycles. The average Bonchev–Trinajstić information content (AvgIpc) is 2.73. The molecule has 1 aromatic rings. The molecule has 168 valence electrons. The summed E-state index contributed by atoms with van der Waals surface area (Å²) in [6, 6.07) is 5.54. The molecule has 1 aromatic carbocycles. The van der Waals surface area contributed by atoms with E-state index in [0.29, 0.717) is 37.9 Å². The molecule has 5 nitrogen and oxygen atoms in total. The van der Waals surface area contributed by atoms with Crippen molar-refractivity contribution in [1.82, 2.24) is 0 Å². The monoisotopic (exact) mass is 430 g/mol. The second-order valence-corrected chi connectivity index (χ2v) is 7.63. The van der Waals surface area contributed by atoms with E-state index >= 15 is 0 Å². The van der Waals surface area contributed by atoms with Crippen LogP contribution in [0.3, 0.4) is 0 Å². The van der Waals surface area contributed by atoms with Crippen molar-refractivity contribution >= 4 is 0 Å². The zero-order valence-corrected chi connectivity index (χ0v) is 17.1. The molecule has 0 bridgehead atoms. The van der Waals surface area contributed by atoms with Crippen LogP contribution in [0, 0.1) is 11.8 Å². The Hall–Kier alpha value is -1.61. The van der Waals surface area contributed by atoms with Crippen LogP contribution >= 0.6 is 0 Å². The molecular formula is C22H29F3O5. The van der Waals surface area contributed by atoms with Gasteiger partial charge in [-0.1, -0.05) is 37.6 Å². The molecule has 2 aliphatic heterocycles. The van der Waals surface area contributed by atoms with E-state index in [1.165, 1.54) is 24.3 Å². The van der Waals surface area contributed by atoms with Crippen LogP contribution in [-0.4, -0.2) is 39.1 Å². The van der Waals surface area contributed by atoms with E-state index in [2.05, 4.69) is 23.8 Å². The third-order valence-corrected chi connectivity index (χ3v) is 5.02. The smallest absolute Gasteiger partial charge is 0.406 e. The summed E-state index contributed by atoms with van der Waals surface area (Å²) in [7, 11) is 0. The first-order chi connectivity index (χ1) is 14.4. The molecule has 0 saturated carbocycles. The van der Waals surface area contributed by atoms with Crippen molar-refractivity contribution in [3.63, 3.8) is 0 Å². The maximum absolute atomic E-state index is 12.2. The Morgan fingerprint density at radius 3 is 2.23 bits per heavy atom. The summed E-state index contributed by atoms with van der Waals surface area (Å²) in [6.07, 6.45) is 2.71. The highest BCUT2D eigenvalue weighted by molar-refractivity contribution is 5.28. The van der Waals surface area contributed by atoms with Crippen LogP contribution in [-0.2, 0) is 18.9 Å². The zero-order valence-electron chi connectivity index (χ0n) is 17.1. The fraction of sp³-hybridized carbons (Fsp3) is 0.636. The number of halogens is 3. The highest BCUT2D eigenvalue weighted by Gasteiger charge is 2.31. The predicted molar refractivity (Wildman–Crippen MR) is 104 cm³/mol. The lowest BCUT2D eigenvalue weighted by Crippen LogP contribution is -2.33. The van der Waals surface area contributed by atoms with E-state index in [-0.39, 0.29) is 18.0 Å². The van der Waals surface area contributed by atoms with Gasteiger partial charge in [-0.3, -0.25) is 0 Å². The highest BCUT2D eigenvalue weighted by Crippen LogP contribution is 2.30. The molecule has 2 saturated heterocycles. The molecule has 2 heterocycles. The molecule has 0 radical (unpaired) electrons. The number of alkyl halides is 3. The SMILES string of the molecule is CCCC=CC1COC(CCC2COC(c3ccc(OC(F)(F)F)cc3)OC2)OC1. The van der Waals surface area contributed by atoms with Crippen molar-refractivity contribution < 1.29 is 36.9 Å². The van der Waals surface area contributed by atoms with Gasteiger partial charge in [0, 0.05) is 17.4 Å². The molecule has 0 atom stereocenters. The van der Waals surface area contributed by atoms with Crippen LogP contribution in [0.1, 0.15) is 44.5 Å². The molecule has 30 heavy (non-hydrogen) atoms. The molecule has 2 fully saturated rings. The van der Waals surface area contributed by atoms with E-state index in [0.717, 1.165) is 25.7 Å². The van der Waals surface area contributed by atoms with Crippen molar-refractivity contribution in [3.8, 4) is 5.75 Å². The second-order valence-electron chi connectivity index (χ2n) is 7.63. The van der Waals surface area contributed by atoms with Crippen molar-refractivity contribution in [3.05, 3.63) is 42.0 Å². The third kappa shape index (κ3) is 7.58. The predicted octanol–water partition coefficient (Wildman–Crippen LogP) is 5.37. The number of rotatable bonds is 8. The molecule has 2 aliphatic rings. The number of hydrogen-bond acceptors (Lipinski definition) is 5. The number of allylic oxidation sites excluding steroid dienone is 1. The maximum Gasteiger partial charge on any atom is 0.573 e. The van der Waals surface area contributed by atoms with Crippen LogP contribution < -0.4 is 4.74 Å². The van der Waals surface area contributed by atoms with Gasteiger partial charge in [0.05, 0.1) is 26.4 Å². The van der Waals surface area contributed by atoms with Gasteiger partial charge in [-0.05, 0) is 31.4 Å². The van der Waals surface area contributed by atoms with Crippen LogP contribution in [0.25, 0.3) is 0 Å². The van der Waals surface area contributed by atoms with Gasteiger partial charge in [0.15, 0.2) is 12.6 Å². The van der Waals surface area contributed by atoms with Crippen LogP contribution in [0.4, 0.5) is 13.2 Å². The number of ether oxygens (including phenoxy) is 5. The zero-order chi connectivity index (χ0) is 21.4. The van der Waals surface area contributed by atoms with Crippen molar-refractivity contribution in [1.29, 1.82) is 0 Å².